The van der Waals surface area contributed by atoms with Crippen molar-refractivity contribution in [3.63, 3.8) is 0 Å². The van der Waals surface area contributed by atoms with Crippen LogP contribution in [0, 0.1) is 11.7 Å². The Morgan fingerprint density at radius 1 is 1.17 bits per heavy atom. The molecule has 3 heterocycles. The van der Waals surface area contributed by atoms with Crippen molar-refractivity contribution >= 4 is 57.9 Å². The molecule has 0 unspecified atom stereocenters. The summed E-state index contributed by atoms with van der Waals surface area (Å²) in [7, 11) is 0. The van der Waals surface area contributed by atoms with Crippen LogP contribution in [-0.2, 0) is 9.53 Å². The maximum atomic E-state index is 13.7. The largest absolute Gasteiger partial charge is 0.388 e. The summed E-state index contributed by atoms with van der Waals surface area (Å²) in [6.45, 7) is 0.585. The topological polar surface area (TPSA) is 140 Å². The molecule has 5 N–H and O–H groups in total. The van der Waals surface area contributed by atoms with Crippen LogP contribution in [0.3, 0.4) is 0 Å². The predicted molar refractivity (Wildman–Crippen MR) is 129 cm³/mol. The molecule has 0 radical (unpaired) electrons. The number of carbonyl (C=O) groups is 1. The van der Waals surface area contributed by atoms with Gasteiger partial charge >= 0.3 is 0 Å². The lowest BCUT2D eigenvalue weighted by Crippen LogP contribution is -2.32. The van der Waals surface area contributed by atoms with Crippen molar-refractivity contribution in [3.8, 4) is 0 Å². The standard InChI is InChI=1S/C22H24Cl2FN7O3/c23-13-5-11(25)6-14(24)18(13)30-22-29-15-7-27-21(28-16-8-35-9-17(16)33)31-20(15)32(22)12-3-1-10(2-4-12)19(26)34/h5-7,10,12,16-17,33H,1-4,8-9H2,(H2,26,34)(H,29,30)(H,27,28,31)/t10-,12+,16-,17-/m1/s1. The van der Waals surface area contributed by atoms with E-state index in [0.717, 1.165) is 12.1 Å². The van der Waals surface area contributed by atoms with E-state index in [2.05, 4.69) is 25.6 Å². The fourth-order valence-electron chi connectivity index (χ4n) is 4.63. The zero-order valence-electron chi connectivity index (χ0n) is 18.5. The van der Waals surface area contributed by atoms with E-state index in [-0.39, 0.29) is 40.6 Å². The van der Waals surface area contributed by atoms with Crippen LogP contribution in [0.1, 0.15) is 31.7 Å². The van der Waals surface area contributed by atoms with Crippen LogP contribution in [-0.4, -0.2) is 55.9 Å². The van der Waals surface area contributed by atoms with Gasteiger partial charge in [0.25, 0.3) is 0 Å². The van der Waals surface area contributed by atoms with E-state index in [1.165, 1.54) is 0 Å². The van der Waals surface area contributed by atoms with Crippen LogP contribution in [0.25, 0.3) is 11.2 Å². The van der Waals surface area contributed by atoms with Gasteiger partial charge in [-0.05, 0) is 37.8 Å². The van der Waals surface area contributed by atoms with Crippen LogP contribution in [0.2, 0.25) is 10.0 Å². The number of primary amides is 1. The van der Waals surface area contributed by atoms with E-state index in [0.29, 0.717) is 61.0 Å². The quantitative estimate of drug-likeness (QED) is 0.385. The van der Waals surface area contributed by atoms with E-state index in [1.54, 1.807) is 6.20 Å². The zero-order chi connectivity index (χ0) is 24.7. The van der Waals surface area contributed by atoms with Crippen LogP contribution in [0.5, 0.6) is 0 Å². The second-order valence-corrected chi connectivity index (χ2v) is 9.66. The Hall–Kier alpha value is -2.73. The molecule has 0 bridgehead atoms. The second kappa shape index (κ2) is 9.73. The number of rotatable bonds is 6. The number of hydrogen-bond donors (Lipinski definition) is 4. The van der Waals surface area contributed by atoms with Crippen molar-refractivity contribution in [1.29, 1.82) is 0 Å². The number of carbonyl (C=O) groups excluding carboxylic acids is 1. The van der Waals surface area contributed by atoms with Gasteiger partial charge in [-0.15, -0.1) is 0 Å². The number of fused-ring (bicyclic) bond motifs is 1. The van der Waals surface area contributed by atoms with Gasteiger partial charge in [-0.3, -0.25) is 9.36 Å². The molecule has 2 atom stereocenters. The van der Waals surface area contributed by atoms with Gasteiger partial charge in [0.05, 0.1) is 47.3 Å². The summed E-state index contributed by atoms with van der Waals surface area (Å²) < 4.78 is 20.9. The molecule has 1 amide bonds. The van der Waals surface area contributed by atoms with Crippen molar-refractivity contribution < 1.29 is 19.0 Å². The summed E-state index contributed by atoms with van der Waals surface area (Å²) in [5.41, 5.74) is 6.90. The number of aromatic nitrogens is 4. The highest BCUT2D eigenvalue weighted by Crippen LogP contribution is 2.39. The SMILES string of the molecule is NC(=O)[C@H]1CC[C@@H](n2c(Nc3c(Cl)cc(F)cc3Cl)nc3cnc(N[C@@H]4COC[C@H]4O)nc32)CC1. The highest BCUT2D eigenvalue weighted by atomic mass is 35.5. The summed E-state index contributed by atoms with van der Waals surface area (Å²) in [6, 6.07) is 1.96. The first-order valence-corrected chi connectivity index (χ1v) is 12.0. The number of halogens is 3. The van der Waals surface area contributed by atoms with E-state index in [1.807, 2.05) is 4.57 Å². The zero-order valence-corrected chi connectivity index (χ0v) is 20.1. The van der Waals surface area contributed by atoms with E-state index in [9.17, 15) is 14.3 Å². The Labute approximate surface area is 210 Å². The Morgan fingerprint density at radius 2 is 1.89 bits per heavy atom. The van der Waals surface area contributed by atoms with Gasteiger partial charge in [0, 0.05) is 12.0 Å². The third-order valence-electron chi connectivity index (χ3n) is 6.51. The lowest BCUT2D eigenvalue weighted by Gasteiger charge is -2.29. The van der Waals surface area contributed by atoms with E-state index in [4.69, 9.17) is 33.7 Å². The smallest absolute Gasteiger partial charge is 0.225 e. The molecule has 186 valence electrons. The second-order valence-electron chi connectivity index (χ2n) is 8.84. The number of hydrogen-bond acceptors (Lipinski definition) is 8. The Morgan fingerprint density at radius 3 is 2.51 bits per heavy atom. The summed E-state index contributed by atoms with van der Waals surface area (Å²) in [5, 5.41) is 16.5. The number of amides is 1. The molecule has 2 aromatic heterocycles. The first-order valence-electron chi connectivity index (χ1n) is 11.3. The summed E-state index contributed by atoms with van der Waals surface area (Å²) >= 11 is 12.5. The average molecular weight is 524 g/mol. The molecule has 0 spiro atoms. The van der Waals surface area contributed by atoms with Gasteiger partial charge < -0.3 is 26.2 Å². The number of anilines is 3. The first kappa shape index (κ1) is 24.0. The molecule has 10 nitrogen and oxygen atoms in total. The third-order valence-corrected chi connectivity index (χ3v) is 7.10. The molecule has 1 saturated heterocycles. The third kappa shape index (κ3) is 4.86. The Bertz CT molecular complexity index is 1240. The average Bonchev–Trinajstić information content (AvgIpc) is 3.38. The van der Waals surface area contributed by atoms with Crippen molar-refractivity contribution in [1.82, 2.24) is 19.5 Å². The minimum atomic E-state index is -0.664. The number of nitrogens with zero attached hydrogens (tertiary/aromatic N) is 4. The number of aliphatic hydroxyl groups excluding tert-OH is 1. The Balaban J connectivity index is 1.54. The number of nitrogens with one attached hydrogen (secondary N) is 2. The fraction of sp³-hybridized carbons (Fsp3) is 0.455. The molecular formula is C22H24Cl2FN7O3. The monoisotopic (exact) mass is 523 g/mol. The molecule has 1 aromatic carbocycles. The van der Waals surface area contributed by atoms with Crippen LogP contribution in [0.4, 0.5) is 22.0 Å². The van der Waals surface area contributed by atoms with E-state index >= 15 is 0 Å². The molecular weight excluding hydrogens is 500 g/mol. The van der Waals surface area contributed by atoms with Crippen molar-refractivity contribution in [3.05, 3.63) is 34.2 Å². The van der Waals surface area contributed by atoms with Gasteiger partial charge in [-0.2, -0.15) is 4.98 Å². The molecule has 2 aliphatic rings. The number of ether oxygens (including phenoxy) is 1. The normalized spacial score (nSPS) is 24.6. The summed E-state index contributed by atoms with van der Waals surface area (Å²) in [5.74, 6) is -0.289. The number of benzene rings is 1. The molecule has 3 aromatic rings. The molecule has 1 aliphatic carbocycles. The molecule has 13 heteroatoms. The van der Waals surface area contributed by atoms with Crippen LogP contribution >= 0.6 is 23.2 Å². The van der Waals surface area contributed by atoms with Gasteiger partial charge in [-0.25, -0.2) is 14.4 Å². The van der Waals surface area contributed by atoms with Crippen molar-refractivity contribution in [2.24, 2.45) is 11.7 Å². The molecule has 5 rings (SSSR count). The van der Waals surface area contributed by atoms with Gasteiger partial charge in [-0.1, -0.05) is 23.2 Å². The highest BCUT2D eigenvalue weighted by molar-refractivity contribution is 6.39. The molecule has 1 saturated carbocycles. The molecule has 35 heavy (non-hydrogen) atoms. The minimum Gasteiger partial charge on any atom is -0.388 e. The maximum Gasteiger partial charge on any atom is 0.225 e. The van der Waals surface area contributed by atoms with Crippen molar-refractivity contribution in [2.75, 3.05) is 23.8 Å². The maximum absolute atomic E-state index is 13.7. The van der Waals surface area contributed by atoms with Crippen LogP contribution in [0.15, 0.2) is 18.3 Å². The lowest BCUT2D eigenvalue weighted by atomic mass is 9.85. The predicted octanol–water partition coefficient (Wildman–Crippen LogP) is 3.40. The molecule has 2 fully saturated rings. The minimum absolute atomic E-state index is 0.0424. The first-order chi connectivity index (χ1) is 16.8. The number of aliphatic hydroxyl groups is 1. The van der Waals surface area contributed by atoms with E-state index < -0.39 is 11.9 Å². The molecule has 1 aliphatic heterocycles. The highest BCUT2D eigenvalue weighted by Gasteiger charge is 2.30. The number of imidazole rings is 1. The number of nitrogens with two attached hydrogens (primary N) is 1. The van der Waals surface area contributed by atoms with Gasteiger partial charge in [0.15, 0.2) is 5.65 Å². The summed E-state index contributed by atoms with van der Waals surface area (Å²) in [6.07, 6.45) is 3.56. The van der Waals surface area contributed by atoms with Gasteiger partial charge in [0.2, 0.25) is 17.8 Å². The Kier molecular flexibility index (Phi) is 6.67. The van der Waals surface area contributed by atoms with Crippen molar-refractivity contribution in [2.45, 2.75) is 43.9 Å². The fourth-order valence-corrected chi connectivity index (χ4v) is 5.19. The lowest BCUT2D eigenvalue weighted by molar-refractivity contribution is -0.122. The van der Waals surface area contributed by atoms with Gasteiger partial charge in [0.1, 0.15) is 11.3 Å². The summed E-state index contributed by atoms with van der Waals surface area (Å²) in [4.78, 5) is 25.3. The van der Waals surface area contributed by atoms with Crippen LogP contribution < -0.4 is 16.4 Å².